The van der Waals surface area contributed by atoms with Crippen molar-refractivity contribution in [3.05, 3.63) is 35.9 Å². The molecule has 0 fully saturated rings. The molecular weight excluding hydrogens is 244 g/mol. The summed E-state index contributed by atoms with van der Waals surface area (Å²) in [4.78, 5) is 2.58. The number of hydrogen-bond donors (Lipinski definition) is 1. The van der Waals surface area contributed by atoms with Crippen molar-refractivity contribution in [3.8, 4) is 0 Å². The summed E-state index contributed by atoms with van der Waals surface area (Å²) in [5.74, 6) is 0.691. The highest BCUT2D eigenvalue weighted by molar-refractivity contribution is 5.19. The van der Waals surface area contributed by atoms with E-state index in [1.54, 1.807) is 0 Å². The summed E-state index contributed by atoms with van der Waals surface area (Å²) < 4.78 is 0. The molecule has 1 N–H and O–H groups in total. The largest absolute Gasteiger partial charge is 0.310 e. The lowest BCUT2D eigenvalue weighted by molar-refractivity contribution is 0.172. The van der Waals surface area contributed by atoms with Gasteiger partial charge in [-0.05, 0) is 38.8 Å². The van der Waals surface area contributed by atoms with Crippen LogP contribution in [0, 0.1) is 5.92 Å². The van der Waals surface area contributed by atoms with Gasteiger partial charge in [-0.3, -0.25) is 4.90 Å². The maximum absolute atomic E-state index is 3.67. The number of benzene rings is 1. The topological polar surface area (TPSA) is 15.3 Å². The minimum atomic E-state index is 0.157. The number of nitrogens with zero attached hydrogens (tertiary/aromatic N) is 1. The van der Waals surface area contributed by atoms with Crippen LogP contribution in [-0.2, 0) is 0 Å². The van der Waals surface area contributed by atoms with Crippen molar-refractivity contribution in [2.75, 3.05) is 19.6 Å². The zero-order valence-electron chi connectivity index (χ0n) is 14.1. The Balaban J connectivity index is 2.88. The van der Waals surface area contributed by atoms with E-state index < -0.39 is 0 Å². The Morgan fingerprint density at radius 3 is 2.15 bits per heavy atom. The van der Waals surface area contributed by atoms with E-state index in [9.17, 15) is 0 Å². The average Bonchev–Trinajstić information content (AvgIpc) is 2.37. The SMILES string of the molecule is CCN(CC(C)C)C(CNC(C)(C)C)c1ccccc1. The molecule has 1 atom stereocenters. The van der Waals surface area contributed by atoms with Crippen molar-refractivity contribution in [1.29, 1.82) is 0 Å². The van der Waals surface area contributed by atoms with Gasteiger partial charge in [-0.15, -0.1) is 0 Å². The van der Waals surface area contributed by atoms with E-state index in [1.165, 1.54) is 5.56 Å². The van der Waals surface area contributed by atoms with Gasteiger partial charge < -0.3 is 5.32 Å². The summed E-state index contributed by atoms with van der Waals surface area (Å²) in [6.07, 6.45) is 0. The number of likely N-dealkylation sites (N-methyl/N-ethyl adjacent to an activating group) is 1. The highest BCUT2D eigenvalue weighted by Gasteiger charge is 2.21. The fourth-order valence-corrected chi connectivity index (χ4v) is 2.48. The van der Waals surface area contributed by atoms with Crippen molar-refractivity contribution in [3.63, 3.8) is 0 Å². The third-order valence-corrected chi connectivity index (χ3v) is 3.46. The minimum Gasteiger partial charge on any atom is -0.310 e. The van der Waals surface area contributed by atoms with Crippen molar-refractivity contribution in [1.82, 2.24) is 10.2 Å². The molecule has 20 heavy (non-hydrogen) atoms. The van der Waals surface area contributed by atoms with Crippen LogP contribution in [0.25, 0.3) is 0 Å². The monoisotopic (exact) mass is 276 g/mol. The molecule has 0 bridgehead atoms. The average molecular weight is 276 g/mol. The van der Waals surface area contributed by atoms with Crippen LogP contribution in [0.2, 0.25) is 0 Å². The molecule has 0 aliphatic heterocycles. The van der Waals surface area contributed by atoms with E-state index in [-0.39, 0.29) is 5.54 Å². The second-order valence-electron chi connectivity index (χ2n) is 7.04. The van der Waals surface area contributed by atoms with E-state index in [2.05, 4.69) is 82.1 Å². The van der Waals surface area contributed by atoms with Crippen molar-refractivity contribution in [2.45, 2.75) is 53.1 Å². The van der Waals surface area contributed by atoms with E-state index in [0.29, 0.717) is 12.0 Å². The molecule has 0 spiro atoms. The Morgan fingerprint density at radius 1 is 1.10 bits per heavy atom. The van der Waals surface area contributed by atoms with Crippen molar-refractivity contribution in [2.24, 2.45) is 5.92 Å². The first-order chi connectivity index (χ1) is 9.33. The summed E-state index contributed by atoms with van der Waals surface area (Å²) in [6, 6.07) is 11.3. The van der Waals surface area contributed by atoms with Crippen LogP contribution in [0.1, 0.15) is 53.1 Å². The van der Waals surface area contributed by atoms with Crippen LogP contribution in [0.5, 0.6) is 0 Å². The van der Waals surface area contributed by atoms with Crippen molar-refractivity contribution < 1.29 is 0 Å². The van der Waals surface area contributed by atoms with Crippen LogP contribution in [0.15, 0.2) is 30.3 Å². The molecule has 0 radical (unpaired) electrons. The lowest BCUT2D eigenvalue weighted by atomic mass is 10.0. The standard InChI is InChI=1S/C18H32N2/c1-7-20(14-15(2)3)17(13-19-18(4,5)6)16-11-9-8-10-12-16/h8-12,15,17,19H,7,13-14H2,1-6H3. The predicted octanol–water partition coefficient (Wildman–Crippen LogP) is 4.09. The maximum atomic E-state index is 3.67. The molecule has 1 unspecified atom stereocenters. The zero-order valence-corrected chi connectivity index (χ0v) is 14.1. The molecule has 1 aromatic rings. The minimum absolute atomic E-state index is 0.157. The second kappa shape index (κ2) is 7.80. The molecule has 1 aromatic carbocycles. The highest BCUT2D eigenvalue weighted by atomic mass is 15.2. The third kappa shape index (κ3) is 6.06. The number of hydrogen-bond acceptors (Lipinski definition) is 2. The van der Waals surface area contributed by atoms with Gasteiger partial charge in [0.25, 0.3) is 0 Å². The van der Waals surface area contributed by atoms with Crippen molar-refractivity contribution >= 4 is 0 Å². The van der Waals surface area contributed by atoms with Gasteiger partial charge in [0.15, 0.2) is 0 Å². The molecule has 114 valence electrons. The van der Waals surface area contributed by atoms with Gasteiger partial charge in [-0.25, -0.2) is 0 Å². The van der Waals surface area contributed by atoms with Crippen LogP contribution in [0.4, 0.5) is 0 Å². The Kier molecular flexibility index (Phi) is 6.70. The molecule has 1 rings (SSSR count). The molecule has 0 saturated carbocycles. The Hall–Kier alpha value is -0.860. The first kappa shape index (κ1) is 17.2. The Labute approximate surface area is 125 Å². The van der Waals surface area contributed by atoms with Gasteiger partial charge in [0.05, 0.1) is 0 Å². The lowest BCUT2D eigenvalue weighted by Crippen LogP contribution is -2.44. The smallest absolute Gasteiger partial charge is 0.0472 e. The summed E-state index contributed by atoms with van der Waals surface area (Å²) in [7, 11) is 0. The molecule has 0 amide bonds. The molecule has 0 aromatic heterocycles. The number of rotatable bonds is 7. The molecule has 2 heteroatoms. The second-order valence-corrected chi connectivity index (χ2v) is 7.04. The van der Waals surface area contributed by atoms with Gasteiger partial charge in [0, 0.05) is 24.7 Å². The number of nitrogens with one attached hydrogen (secondary N) is 1. The van der Waals surface area contributed by atoms with E-state index >= 15 is 0 Å². The van der Waals surface area contributed by atoms with E-state index in [0.717, 1.165) is 19.6 Å². The van der Waals surface area contributed by atoms with Gasteiger partial charge in [0.1, 0.15) is 0 Å². The van der Waals surface area contributed by atoms with E-state index in [4.69, 9.17) is 0 Å². The van der Waals surface area contributed by atoms with Crippen LogP contribution >= 0.6 is 0 Å². The maximum Gasteiger partial charge on any atom is 0.0472 e. The van der Waals surface area contributed by atoms with Gasteiger partial charge >= 0.3 is 0 Å². The van der Waals surface area contributed by atoms with Crippen LogP contribution in [0.3, 0.4) is 0 Å². The van der Waals surface area contributed by atoms with Crippen LogP contribution in [-0.4, -0.2) is 30.1 Å². The fourth-order valence-electron chi connectivity index (χ4n) is 2.48. The highest BCUT2D eigenvalue weighted by Crippen LogP contribution is 2.21. The summed E-state index contributed by atoms with van der Waals surface area (Å²) in [5.41, 5.74) is 1.57. The lowest BCUT2D eigenvalue weighted by Gasteiger charge is -2.35. The first-order valence-electron chi connectivity index (χ1n) is 7.87. The Bertz CT molecular complexity index is 365. The summed E-state index contributed by atoms with van der Waals surface area (Å²) in [6.45, 7) is 16.8. The quantitative estimate of drug-likeness (QED) is 0.807. The third-order valence-electron chi connectivity index (χ3n) is 3.46. The first-order valence-corrected chi connectivity index (χ1v) is 7.87. The predicted molar refractivity (Wildman–Crippen MR) is 89.0 cm³/mol. The molecule has 0 heterocycles. The van der Waals surface area contributed by atoms with Crippen LogP contribution < -0.4 is 5.32 Å². The summed E-state index contributed by atoms with van der Waals surface area (Å²) in [5, 5.41) is 3.67. The summed E-state index contributed by atoms with van der Waals surface area (Å²) >= 11 is 0. The van der Waals surface area contributed by atoms with Gasteiger partial charge in [-0.2, -0.15) is 0 Å². The van der Waals surface area contributed by atoms with Gasteiger partial charge in [-0.1, -0.05) is 51.1 Å². The zero-order chi connectivity index (χ0) is 15.2. The molecular formula is C18H32N2. The van der Waals surface area contributed by atoms with Gasteiger partial charge in [0.2, 0.25) is 0 Å². The fraction of sp³-hybridized carbons (Fsp3) is 0.667. The molecule has 0 aliphatic carbocycles. The normalized spacial score (nSPS) is 14.0. The molecule has 2 nitrogen and oxygen atoms in total. The molecule has 0 saturated heterocycles. The van der Waals surface area contributed by atoms with E-state index in [1.807, 2.05) is 0 Å². The molecule has 0 aliphatic rings. The Morgan fingerprint density at radius 2 is 1.70 bits per heavy atom.